The number of nitrogens with zero attached hydrogens (tertiary/aromatic N) is 1. The Morgan fingerprint density at radius 3 is 2.23 bits per heavy atom. The Labute approximate surface area is 127 Å². The quantitative estimate of drug-likeness (QED) is 0.400. The maximum Gasteiger partial charge on any atom is 0.194 e. The zero-order valence-corrected chi connectivity index (χ0v) is 12.2. The summed E-state index contributed by atoms with van der Waals surface area (Å²) >= 11 is 0. The molecule has 4 heteroatoms. The predicted octanol–water partition coefficient (Wildman–Crippen LogP) is 5.36. The average molecular weight is 303 g/mol. The lowest BCUT2D eigenvalue weighted by Gasteiger charge is -2.00. The molecular formula is C18H16F3N. The summed E-state index contributed by atoms with van der Waals surface area (Å²) in [5.41, 5.74) is 2.04. The number of benzene rings is 2. The Morgan fingerprint density at radius 1 is 1.00 bits per heavy atom. The van der Waals surface area contributed by atoms with Crippen LogP contribution in [-0.4, -0.2) is 6.21 Å². The minimum atomic E-state index is -1.48. The molecular weight excluding hydrogens is 287 g/mol. The normalized spacial score (nSPS) is 11.6. The molecule has 0 unspecified atom stereocenters. The standard InChI is InChI=1S/C18H16F3N/c1-2-3-4-5-13-6-8-14(9-7-13)12-22-15-10-16(19)18(21)17(20)11-15/h2-3,6-12H,4-5H2,1H3/b3-2+,22-12?. The predicted molar refractivity (Wildman–Crippen MR) is 83.1 cm³/mol. The summed E-state index contributed by atoms with van der Waals surface area (Å²) in [7, 11) is 0. The first kappa shape index (κ1) is 16.0. The number of rotatable bonds is 5. The second kappa shape index (κ2) is 7.59. The van der Waals surface area contributed by atoms with Gasteiger partial charge in [-0.15, -0.1) is 0 Å². The van der Waals surface area contributed by atoms with Crippen LogP contribution >= 0.6 is 0 Å². The fourth-order valence-electron chi connectivity index (χ4n) is 1.95. The molecule has 1 nitrogen and oxygen atoms in total. The van der Waals surface area contributed by atoms with Gasteiger partial charge in [-0.25, -0.2) is 13.2 Å². The first-order chi connectivity index (χ1) is 10.6. The van der Waals surface area contributed by atoms with Crippen LogP contribution in [-0.2, 0) is 6.42 Å². The van der Waals surface area contributed by atoms with E-state index in [1.807, 2.05) is 37.3 Å². The molecule has 0 aliphatic rings. The Morgan fingerprint density at radius 2 is 1.64 bits per heavy atom. The molecule has 22 heavy (non-hydrogen) atoms. The minimum absolute atomic E-state index is 0.0357. The Bertz CT molecular complexity index is 665. The van der Waals surface area contributed by atoms with Crippen LogP contribution in [0.1, 0.15) is 24.5 Å². The van der Waals surface area contributed by atoms with E-state index < -0.39 is 17.5 Å². The molecule has 2 aromatic carbocycles. The third kappa shape index (κ3) is 4.32. The zero-order valence-electron chi connectivity index (χ0n) is 12.2. The maximum absolute atomic E-state index is 13.1. The molecule has 0 aliphatic carbocycles. The Hall–Kier alpha value is -2.36. The van der Waals surface area contributed by atoms with Gasteiger partial charge in [-0.3, -0.25) is 4.99 Å². The van der Waals surface area contributed by atoms with Crippen LogP contribution in [0, 0.1) is 17.5 Å². The number of aryl methyl sites for hydroxylation is 1. The van der Waals surface area contributed by atoms with E-state index in [4.69, 9.17) is 0 Å². The van der Waals surface area contributed by atoms with Crippen LogP contribution in [0.3, 0.4) is 0 Å². The molecule has 114 valence electrons. The van der Waals surface area contributed by atoms with Gasteiger partial charge < -0.3 is 0 Å². The van der Waals surface area contributed by atoms with Crippen molar-refractivity contribution in [1.29, 1.82) is 0 Å². The molecule has 0 aromatic heterocycles. The van der Waals surface area contributed by atoms with Gasteiger partial charge in [0.05, 0.1) is 5.69 Å². The van der Waals surface area contributed by atoms with E-state index in [0.29, 0.717) is 0 Å². The van der Waals surface area contributed by atoms with Crippen molar-refractivity contribution < 1.29 is 13.2 Å². The SMILES string of the molecule is C/C=C/CCc1ccc(C=Nc2cc(F)c(F)c(F)c2)cc1. The van der Waals surface area contributed by atoms with E-state index in [0.717, 1.165) is 30.5 Å². The van der Waals surface area contributed by atoms with Gasteiger partial charge in [0, 0.05) is 18.3 Å². The van der Waals surface area contributed by atoms with Gasteiger partial charge in [0.2, 0.25) is 0 Å². The first-order valence-corrected chi connectivity index (χ1v) is 6.99. The third-order valence-electron chi connectivity index (χ3n) is 3.15. The molecule has 0 amide bonds. The molecule has 0 radical (unpaired) electrons. The average Bonchev–Trinajstić information content (AvgIpc) is 2.52. The summed E-state index contributed by atoms with van der Waals surface area (Å²) in [5, 5.41) is 0. The molecule has 0 N–H and O–H groups in total. The van der Waals surface area contributed by atoms with Gasteiger partial charge >= 0.3 is 0 Å². The van der Waals surface area contributed by atoms with Gasteiger partial charge in [-0.2, -0.15) is 0 Å². The molecule has 0 saturated heterocycles. The highest BCUT2D eigenvalue weighted by Crippen LogP contribution is 2.19. The Balaban J connectivity index is 2.07. The van der Waals surface area contributed by atoms with Crippen molar-refractivity contribution in [3.63, 3.8) is 0 Å². The largest absolute Gasteiger partial charge is 0.256 e. The van der Waals surface area contributed by atoms with Crippen LogP contribution in [0.25, 0.3) is 0 Å². The lowest BCUT2D eigenvalue weighted by atomic mass is 10.1. The van der Waals surface area contributed by atoms with Crippen molar-refractivity contribution in [1.82, 2.24) is 0 Å². The maximum atomic E-state index is 13.1. The first-order valence-electron chi connectivity index (χ1n) is 6.99. The topological polar surface area (TPSA) is 12.4 Å². The van der Waals surface area contributed by atoms with Crippen LogP contribution in [0.4, 0.5) is 18.9 Å². The number of allylic oxidation sites excluding steroid dienone is 2. The number of aliphatic imine (C=N–C) groups is 1. The molecule has 0 spiro atoms. The van der Waals surface area contributed by atoms with E-state index >= 15 is 0 Å². The van der Waals surface area contributed by atoms with Gasteiger partial charge in [-0.05, 0) is 30.9 Å². The fourth-order valence-corrected chi connectivity index (χ4v) is 1.95. The molecule has 0 bridgehead atoms. The van der Waals surface area contributed by atoms with Crippen LogP contribution in [0.2, 0.25) is 0 Å². The van der Waals surface area contributed by atoms with Gasteiger partial charge in [-0.1, -0.05) is 36.4 Å². The summed E-state index contributed by atoms with van der Waals surface area (Å²) in [6, 6.07) is 9.45. The number of hydrogen-bond acceptors (Lipinski definition) is 1. The van der Waals surface area contributed by atoms with Crippen molar-refractivity contribution in [2.24, 2.45) is 4.99 Å². The highest BCUT2D eigenvalue weighted by Gasteiger charge is 2.09. The van der Waals surface area contributed by atoms with E-state index in [1.54, 1.807) is 0 Å². The van der Waals surface area contributed by atoms with Crippen LogP contribution in [0.5, 0.6) is 0 Å². The highest BCUT2D eigenvalue weighted by molar-refractivity contribution is 5.81. The molecule has 0 atom stereocenters. The van der Waals surface area contributed by atoms with E-state index in [1.165, 1.54) is 11.8 Å². The van der Waals surface area contributed by atoms with Gasteiger partial charge in [0.15, 0.2) is 17.5 Å². The summed E-state index contributed by atoms with van der Waals surface area (Å²) in [6.45, 7) is 1.99. The van der Waals surface area contributed by atoms with Crippen molar-refractivity contribution in [3.05, 3.63) is 77.1 Å². The van der Waals surface area contributed by atoms with Crippen molar-refractivity contribution in [2.75, 3.05) is 0 Å². The molecule has 2 rings (SSSR count). The summed E-state index contributed by atoms with van der Waals surface area (Å²) in [5.74, 6) is -3.97. The van der Waals surface area contributed by atoms with Gasteiger partial charge in [0.1, 0.15) is 0 Å². The van der Waals surface area contributed by atoms with Gasteiger partial charge in [0.25, 0.3) is 0 Å². The minimum Gasteiger partial charge on any atom is -0.256 e. The van der Waals surface area contributed by atoms with Crippen LogP contribution < -0.4 is 0 Å². The molecule has 0 heterocycles. The lowest BCUT2D eigenvalue weighted by molar-refractivity contribution is 0.447. The summed E-state index contributed by atoms with van der Waals surface area (Å²) in [4.78, 5) is 3.96. The van der Waals surface area contributed by atoms with Crippen molar-refractivity contribution >= 4 is 11.9 Å². The third-order valence-corrected chi connectivity index (χ3v) is 3.15. The van der Waals surface area contributed by atoms with E-state index in [9.17, 15) is 13.2 Å². The Kier molecular flexibility index (Phi) is 5.53. The van der Waals surface area contributed by atoms with Crippen molar-refractivity contribution in [3.8, 4) is 0 Å². The lowest BCUT2D eigenvalue weighted by Crippen LogP contribution is -1.89. The molecule has 2 aromatic rings. The monoisotopic (exact) mass is 303 g/mol. The number of halogens is 3. The highest BCUT2D eigenvalue weighted by atomic mass is 19.2. The molecule has 0 aliphatic heterocycles. The summed E-state index contributed by atoms with van der Waals surface area (Å²) < 4.78 is 39.0. The van der Waals surface area contributed by atoms with E-state index in [2.05, 4.69) is 11.1 Å². The molecule has 0 saturated carbocycles. The molecule has 0 fully saturated rings. The number of hydrogen-bond donors (Lipinski definition) is 0. The smallest absolute Gasteiger partial charge is 0.194 e. The van der Waals surface area contributed by atoms with Crippen molar-refractivity contribution in [2.45, 2.75) is 19.8 Å². The second-order valence-corrected chi connectivity index (χ2v) is 4.83. The fraction of sp³-hybridized carbons (Fsp3) is 0.167. The summed E-state index contributed by atoms with van der Waals surface area (Å²) in [6.07, 6.45) is 7.55. The van der Waals surface area contributed by atoms with E-state index in [-0.39, 0.29) is 5.69 Å². The van der Waals surface area contributed by atoms with Crippen LogP contribution in [0.15, 0.2) is 53.5 Å². The zero-order chi connectivity index (χ0) is 15.9. The second-order valence-electron chi connectivity index (χ2n) is 4.83.